The number of aryl methyl sites for hydroxylation is 2. The first-order valence-corrected chi connectivity index (χ1v) is 14.1. The van der Waals surface area contributed by atoms with Crippen LogP contribution in [0.2, 0.25) is 0 Å². The van der Waals surface area contributed by atoms with Crippen molar-refractivity contribution in [2.24, 2.45) is 4.99 Å². The maximum absolute atomic E-state index is 14.6. The van der Waals surface area contributed by atoms with Gasteiger partial charge in [0.1, 0.15) is 11.9 Å². The Balaban J connectivity index is 1.74. The fourth-order valence-corrected chi connectivity index (χ4v) is 6.03. The van der Waals surface area contributed by atoms with Crippen molar-refractivity contribution in [3.8, 4) is 0 Å². The summed E-state index contributed by atoms with van der Waals surface area (Å²) in [5, 5.41) is 0. The summed E-state index contributed by atoms with van der Waals surface area (Å²) in [6.07, 6.45) is 0. The van der Waals surface area contributed by atoms with Crippen LogP contribution in [0.25, 0.3) is 0 Å². The van der Waals surface area contributed by atoms with E-state index in [1.54, 1.807) is 0 Å². The second kappa shape index (κ2) is 10.6. The number of aliphatic imine (C=N–C) groups is 1. The molecule has 2 aliphatic heterocycles. The van der Waals surface area contributed by atoms with Gasteiger partial charge in [0.05, 0.1) is 6.04 Å². The molecular formula is C34H42N4O. The number of hydrogen-bond acceptors (Lipinski definition) is 3. The van der Waals surface area contributed by atoms with Crippen molar-refractivity contribution < 1.29 is 4.79 Å². The van der Waals surface area contributed by atoms with Crippen molar-refractivity contribution in [1.82, 2.24) is 14.7 Å². The average molecular weight is 523 g/mol. The number of hydrogen-bond donors (Lipinski definition) is 0. The molecule has 3 aromatic rings. The lowest BCUT2D eigenvalue weighted by Crippen LogP contribution is -2.53. The summed E-state index contributed by atoms with van der Waals surface area (Å²) in [5.41, 5.74) is 12.0. The number of amides is 2. The topological polar surface area (TPSA) is 39.2 Å². The van der Waals surface area contributed by atoms with E-state index in [0.29, 0.717) is 0 Å². The molecule has 2 amide bonds. The van der Waals surface area contributed by atoms with Crippen LogP contribution < -0.4 is 0 Å². The van der Waals surface area contributed by atoms with Gasteiger partial charge in [-0.05, 0) is 94.5 Å². The molecule has 5 heteroatoms. The second-order valence-corrected chi connectivity index (χ2v) is 11.6. The Bertz CT molecular complexity index is 1380. The largest absolute Gasteiger partial charge is 0.326 e. The number of amidine groups is 1. The summed E-state index contributed by atoms with van der Waals surface area (Å²) >= 11 is 0. The molecule has 3 aromatic carbocycles. The Kier molecular flexibility index (Phi) is 7.39. The first-order chi connectivity index (χ1) is 18.6. The first kappa shape index (κ1) is 27.1. The van der Waals surface area contributed by atoms with E-state index in [4.69, 9.17) is 4.99 Å². The zero-order valence-electron chi connectivity index (χ0n) is 24.8. The van der Waals surface area contributed by atoms with Gasteiger partial charge < -0.3 is 9.80 Å². The highest BCUT2D eigenvalue weighted by molar-refractivity contribution is 6.11. The predicted molar refractivity (Wildman–Crippen MR) is 161 cm³/mol. The molecular weight excluding hydrogens is 480 g/mol. The van der Waals surface area contributed by atoms with E-state index in [1.807, 2.05) is 9.80 Å². The summed E-state index contributed by atoms with van der Waals surface area (Å²) in [4.78, 5) is 26.4. The van der Waals surface area contributed by atoms with Crippen LogP contribution in [-0.4, -0.2) is 59.8 Å². The molecule has 5 nitrogen and oxygen atoms in total. The molecule has 5 rings (SSSR count). The third kappa shape index (κ3) is 4.89. The maximum Gasteiger partial charge on any atom is 0.326 e. The zero-order valence-corrected chi connectivity index (χ0v) is 24.8. The van der Waals surface area contributed by atoms with Gasteiger partial charge >= 0.3 is 6.03 Å². The summed E-state index contributed by atoms with van der Waals surface area (Å²) in [7, 11) is 2.12. The molecule has 0 aromatic heterocycles. The van der Waals surface area contributed by atoms with Crippen LogP contribution in [0.1, 0.15) is 67.7 Å². The quantitative estimate of drug-likeness (QED) is 0.381. The van der Waals surface area contributed by atoms with Crippen LogP contribution >= 0.6 is 0 Å². The van der Waals surface area contributed by atoms with Crippen LogP contribution in [0.15, 0.2) is 53.5 Å². The van der Waals surface area contributed by atoms with E-state index < -0.39 is 0 Å². The van der Waals surface area contributed by atoms with E-state index in [0.717, 1.165) is 48.7 Å². The number of rotatable bonds is 3. The van der Waals surface area contributed by atoms with Crippen LogP contribution in [-0.2, 0) is 0 Å². The molecule has 1 saturated heterocycles. The van der Waals surface area contributed by atoms with Crippen LogP contribution in [0.5, 0.6) is 0 Å². The van der Waals surface area contributed by atoms with E-state index in [1.165, 1.54) is 38.9 Å². The van der Waals surface area contributed by atoms with Gasteiger partial charge in [-0.25, -0.2) is 4.79 Å². The van der Waals surface area contributed by atoms with Crippen molar-refractivity contribution >= 4 is 11.9 Å². The van der Waals surface area contributed by atoms with Gasteiger partial charge in [0.2, 0.25) is 0 Å². The third-order valence-electron chi connectivity index (χ3n) is 9.11. The summed E-state index contributed by atoms with van der Waals surface area (Å²) in [5.74, 6) is 0.802. The third-order valence-corrected chi connectivity index (χ3v) is 9.11. The smallest absolute Gasteiger partial charge is 0.322 e. The van der Waals surface area contributed by atoms with Crippen molar-refractivity contribution in [1.29, 1.82) is 0 Å². The highest BCUT2D eigenvalue weighted by Crippen LogP contribution is 2.45. The predicted octanol–water partition coefficient (Wildman–Crippen LogP) is 6.76. The monoisotopic (exact) mass is 522 g/mol. The molecule has 2 aliphatic rings. The van der Waals surface area contributed by atoms with Gasteiger partial charge in [0.25, 0.3) is 0 Å². The molecule has 0 bridgehead atoms. The summed E-state index contributed by atoms with van der Waals surface area (Å²) < 4.78 is 0. The molecule has 2 atom stereocenters. The number of carbonyl (C=O) groups is 1. The fraction of sp³-hybridized carbons (Fsp3) is 0.412. The van der Waals surface area contributed by atoms with E-state index in [-0.39, 0.29) is 18.1 Å². The lowest BCUT2D eigenvalue weighted by molar-refractivity contribution is 0.130. The molecule has 0 aliphatic carbocycles. The number of likely N-dealkylation sites (N-methyl/N-ethyl adjacent to an activating group) is 1. The number of piperazine rings is 1. The molecule has 2 unspecified atom stereocenters. The lowest BCUT2D eigenvalue weighted by atomic mass is 9.88. The van der Waals surface area contributed by atoms with Crippen LogP contribution in [0.3, 0.4) is 0 Å². The number of carbonyl (C=O) groups excluding carboxylic acids is 1. The normalized spacial score (nSPS) is 19.9. The Morgan fingerprint density at radius 1 is 0.667 bits per heavy atom. The molecule has 39 heavy (non-hydrogen) atoms. The van der Waals surface area contributed by atoms with Gasteiger partial charge in [-0.2, -0.15) is 0 Å². The highest BCUT2D eigenvalue weighted by Gasteiger charge is 2.45. The van der Waals surface area contributed by atoms with Gasteiger partial charge in [-0.3, -0.25) is 9.89 Å². The fourth-order valence-electron chi connectivity index (χ4n) is 6.03. The highest BCUT2D eigenvalue weighted by atomic mass is 16.2. The summed E-state index contributed by atoms with van der Waals surface area (Å²) in [6, 6.07) is 16.9. The first-order valence-electron chi connectivity index (χ1n) is 14.1. The number of urea groups is 1. The number of benzene rings is 3. The number of nitrogens with zero attached hydrogens (tertiary/aromatic N) is 4. The second-order valence-electron chi connectivity index (χ2n) is 11.6. The van der Waals surface area contributed by atoms with Gasteiger partial charge in [-0.1, -0.05) is 59.7 Å². The van der Waals surface area contributed by atoms with Gasteiger partial charge in [-0.15, -0.1) is 0 Å². The van der Waals surface area contributed by atoms with Crippen molar-refractivity contribution in [2.45, 2.75) is 60.5 Å². The lowest BCUT2D eigenvalue weighted by Gasteiger charge is -2.38. The van der Waals surface area contributed by atoms with Crippen molar-refractivity contribution in [3.05, 3.63) is 104 Å². The SMILES string of the molecule is Cc1ccc(C2N=C(c3c(C)c(C)c(C)c(C)c3C)N(C(=O)N3CCN(C)CC3)C2c2ccc(C)cc2)cc1. The zero-order chi connectivity index (χ0) is 28.0. The van der Waals surface area contributed by atoms with Gasteiger partial charge in [0.15, 0.2) is 0 Å². The molecule has 0 saturated carbocycles. The summed E-state index contributed by atoms with van der Waals surface area (Å²) in [6.45, 7) is 18.4. The Morgan fingerprint density at radius 3 is 1.64 bits per heavy atom. The standard InChI is InChI=1S/C34H42N4O/c1-21-9-13-28(14-10-21)31-32(29-15-11-22(2)12-16-29)38(34(39)37-19-17-36(8)18-20-37)33(35-31)30-26(6)24(4)23(3)25(5)27(30)7/h9-16,31-32H,17-20H2,1-8H3. The molecule has 2 heterocycles. The Hall–Kier alpha value is -3.44. The van der Waals surface area contributed by atoms with E-state index in [2.05, 4.69) is 109 Å². The van der Waals surface area contributed by atoms with Crippen LogP contribution in [0, 0.1) is 48.5 Å². The van der Waals surface area contributed by atoms with Crippen LogP contribution in [0.4, 0.5) is 4.79 Å². The molecule has 0 radical (unpaired) electrons. The van der Waals surface area contributed by atoms with Crippen molar-refractivity contribution in [3.63, 3.8) is 0 Å². The minimum absolute atomic E-state index is 0.0525. The minimum Gasteiger partial charge on any atom is -0.322 e. The molecule has 1 fully saturated rings. The minimum atomic E-state index is -0.226. The Morgan fingerprint density at radius 2 is 1.13 bits per heavy atom. The molecule has 204 valence electrons. The average Bonchev–Trinajstić information content (AvgIpc) is 3.31. The molecule has 0 N–H and O–H groups in total. The Labute approximate surface area is 234 Å². The van der Waals surface area contributed by atoms with E-state index in [9.17, 15) is 4.79 Å². The molecule has 0 spiro atoms. The van der Waals surface area contributed by atoms with E-state index >= 15 is 0 Å². The van der Waals surface area contributed by atoms with Crippen molar-refractivity contribution in [2.75, 3.05) is 33.2 Å². The maximum atomic E-state index is 14.6. The van der Waals surface area contributed by atoms with Gasteiger partial charge in [0, 0.05) is 31.7 Å².